The number of methoxy groups -OCH3 is 1. The summed E-state index contributed by atoms with van der Waals surface area (Å²) < 4.78 is 6.75. The number of nitrogens with one attached hydrogen (secondary N) is 1. The van der Waals surface area contributed by atoms with Gasteiger partial charge in [0.05, 0.1) is 13.2 Å². The van der Waals surface area contributed by atoms with Gasteiger partial charge in [0.1, 0.15) is 17.9 Å². The number of urea groups is 1. The molecule has 1 aliphatic rings. The van der Waals surface area contributed by atoms with Crippen molar-refractivity contribution < 1.29 is 14.3 Å². The summed E-state index contributed by atoms with van der Waals surface area (Å²) in [5.41, 5.74) is 0.615. The maximum atomic E-state index is 12.6. The summed E-state index contributed by atoms with van der Waals surface area (Å²) in [5, 5.41) is 6.94. The van der Waals surface area contributed by atoms with Gasteiger partial charge < -0.3 is 19.9 Å². The van der Waals surface area contributed by atoms with Crippen LogP contribution in [0.25, 0.3) is 0 Å². The lowest BCUT2D eigenvalue weighted by atomic mass is 10.1. The second-order valence-electron chi connectivity index (χ2n) is 6.42. The third-order valence-electron chi connectivity index (χ3n) is 4.66. The number of nitrogens with zero attached hydrogens (tertiary/aromatic N) is 5. The quantitative estimate of drug-likeness (QED) is 0.866. The highest BCUT2D eigenvalue weighted by molar-refractivity contribution is 5.94. The molecule has 1 aliphatic heterocycles. The van der Waals surface area contributed by atoms with Gasteiger partial charge in [-0.3, -0.25) is 9.48 Å². The van der Waals surface area contributed by atoms with E-state index in [1.807, 2.05) is 6.92 Å². The molecule has 144 valence electrons. The van der Waals surface area contributed by atoms with Gasteiger partial charge in [0, 0.05) is 38.8 Å². The number of benzene rings is 1. The maximum Gasteiger partial charge on any atom is 0.318 e. The molecule has 2 aromatic rings. The average Bonchev–Trinajstić information content (AvgIpc) is 3.13. The molecule has 0 saturated carbocycles. The van der Waals surface area contributed by atoms with Crippen LogP contribution in [0.1, 0.15) is 29.1 Å². The van der Waals surface area contributed by atoms with Crippen LogP contribution < -0.4 is 10.1 Å². The minimum atomic E-state index is -0.246. The van der Waals surface area contributed by atoms with E-state index < -0.39 is 0 Å². The van der Waals surface area contributed by atoms with Crippen LogP contribution in [0, 0.1) is 0 Å². The lowest BCUT2D eigenvalue weighted by molar-refractivity contribution is 0.0663. The second kappa shape index (κ2) is 8.07. The predicted octanol–water partition coefficient (Wildman–Crippen LogP) is 1.05. The van der Waals surface area contributed by atoms with Gasteiger partial charge in [-0.2, -0.15) is 5.10 Å². The lowest BCUT2D eigenvalue weighted by Crippen LogP contribution is -2.53. The first-order valence-electron chi connectivity index (χ1n) is 8.82. The van der Waals surface area contributed by atoms with Crippen molar-refractivity contribution in [1.29, 1.82) is 0 Å². The molecule has 1 aromatic carbocycles. The molecule has 2 heterocycles. The molecule has 0 radical (unpaired) electrons. The Hall–Kier alpha value is -3.10. The number of hydrogen-bond acceptors (Lipinski definition) is 5. The van der Waals surface area contributed by atoms with Crippen LogP contribution in [-0.4, -0.2) is 69.8 Å². The monoisotopic (exact) mass is 372 g/mol. The zero-order valence-electron chi connectivity index (χ0n) is 15.8. The average molecular weight is 372 g/mol. The van der Waals surface area contributed by atoms with Crippen molar-refractivity contribution in [1.82, 2.24) is 29.9 Å². The number of aromatic nitrogens is 3. The standard InChI is InChI=1S/C18H24N6O3/c1-13(16-19-12-20-22(16)2)21-18(26)24-10-8-23(9-11-24)17(25)14-4-6-15(27-3)7-5-14/h4-7,12-13H,8-11H2,1-3H3,(H,21,26)/t13-/m0/s1. The number of hydrogen-bond donors (Lipinski definition) is 1. The zero-order valence-corrected chi connectivity index (χ0v) is 15.8. The minimum absolute atomic E-state index is 0.0369. The molecule has 27 heavy (non-hydrogen) atoms. The highest BCUT2D eigenvalue weighted by Gasteiger charge is 2.26. The Morgan fingerprint density at radius 3 is 2.30 bits per heavy atom. The van der Waals surface area contributed by atoms with E-state index in [-0.39, 0.29) is 18.0 Å². The highest BCUT2D eigenvalue weighted by Crippen LogP contribution is 2.15. The molecule has 3 amide bonds. The van der Waals surface area contributed by atoms with Gasteiger partial charge in [-0.05, 0) is 31.2 Å². The van der Waals surface area contributed by atoms with E-state index in [2.05, 4.69) is 15.4 Å². The number of ether oxygens (including phenoxy) is 1. The summed E-state index contributed by atoms with van der Waals surface area (Å²) in [6.07, 6.45) is 1.46. The van der Waals surface area contributed by atoms with Gasteiger partial charge in [0.25, 0.3) is 5.91 Å². The fourth-order valence-corrected chi connectivity index (χ4v) is 3.07. The zero-order chi connectivity index (χ0) is 19.4. The van der Waals surface area contributed by atoms with Gasteiger partial charge >= 0.3 is 6.03 Å². The maximum absolute atomic E-state index is 12.6. The summed E-state index contributed by atoms with van der Waals surface area (Å²) in [7, 11) is 3.38. The summed E-state index contributed by atoms with van der Waals surface area (Å²) >= 11 is 0. The molecule has 9 nitrogen and oxygen atoms in total. The molecule has 0 unspecified atom stereocenters. The first-order valence-corrected chi connectivity index (χ1v) is 8.82. The Bertz CT molecular complexity index is 796. The van der Waals surface area contributed by atoms with E-state index in [1.165, 1.54) is 6.33 Å². The third-order valence-corrected chi connectivity index (χ3v) is 4.66. The summed E-state index contributed by atoms with van der Waals surface area (Å²) in [6, 6.07) is 6.63. The van der Waals surface area contributed by atoms with E-state index in [1.54, 1.807) is 52.9 Å². The van der Waals surface area contributed by atoms with Crippen LogP contribution in [0.3, 0.4) is 0 Å². The van der Waals surface area contributed by atoms with E-state index in [0.717, 1.165) is 0 Å². The lowest BCUT2D eigenvalue weighted by Gasteiger charge is -2.35. The van der Waals surface area contributed by atoms with Crippen molar-refractivity contribution in [2.45, 2.75) is 13.0 Å². The van der Waals surface area contributed by atoms with Gasteiger partial charge in [0.15, 0.2) is 0 Å². The topological polar surface area (TPSA) is 92.6 Å². The highest BCUT2D eigenvalue weighted by atomic mass is 16.5. The van der Waals surface area contributed by atoms with E-state index in [0.29, 0.717) is 43.3 Å². The molecule has 3 rings (SSSR count). The predicted molar refractivity (Wildman–Crippen MR) is 98.4 cm³/mol. The molecule has 0 aliphatic carbocycles. The fraction of sp³-hybridized carbons (Fsp3) is 0.444. The number of carbonyl (C=O) groups is 2. The van der Waals surface area contributed by atoms with E-state index in [9.17, 15) is 9.59 Å². The number of piperazine rings is 1. The third kappa shape index (κ3) is 4.18. The summed E-state index contributed by atoms with van der Waals surface area (Å²) in [4.78, 5) is 32.7. The van der Waals surface area contributed by atoms with Gasteiger partial charge in [-0.15, -0.1) is 0 Å². The summed E-state index contributed by atoms with van der Waals surface area (Å²) in [5.74, 6) is 1.37. The molecular formula is C18H24N6O3. The second-order valence-corrected chi connectivity index (χ2v) is 6.42. The minimum Gasteiger partial charge on any atom is -0.497 e. The molecular weight excluding hydrogens is 348 g/mol. The number of amides is 3. The van der Waals surface area contributed by atoms with Crippen molar-refractivity contribution in [3.63, 3.8) is 0 Å². The summed E-state index contributed by atoms with van der Waals surface area (Å²) in [6.45, 7) is 3.83. The number of rotatable bonds is 4. The molecule has 1 saturated heterocycles. The van der Waals surface area contributed by atoms with Crippen LogP contribution >= 0.6 is 0 Å². The molecule has 0 bridgehead atoms. The largest absolute Gasteiger partial charge is 0.497 e. The normalized spacial score (nSPS) is 15.4. The Morgan fingerprint density at radius 1 is 1.11 bits per heavy atom. The Morgan fingerprint density at radius 2 is 1.74 bits per heavy atom. The van der Waals surface area contributed by atoms with Crippen LogP contribution in [0.5, 0.6) is 5.75 Å². The van der Waals surface area contributed by atoms with Gasteiger partial charge in [-0.25, -0.2) is 9.78 Å². The Labute approximate surface area is 157 Å². The van der Waals surface area contributed by atoms with Crippen molar-refractivity contribution in [2.75, 3.05) is 33.3 Å². The molecule has 1 N–H and O–H groups in total. The number of aryl methyl sites for hydroxylation is 1. The first-order chi connectivity index (χ1) is 13.0. The van der Waals surface area contributed by atoms with Crippen LogP contribution in [-0.2, 0) is 7.05 Å². The van der Waals surface area contributed by atoms with Crippen molar-refractivity contribution in [3.05, 3.63) is 42.0 Å². The van der Waals surface area contributed by atoms with Crippen molar-refractivity contribution in [3.8, 4) is 5.75 Å². The van der Waals surface area contributed by atoms with Crippen LogP contribution in [0.4, 0.5) is 4.79 Å². The molecule has 1 atom stereocenters. The molecule has 1 fully saturated rings. The van der Waals surface area contributed by atoms with E-state index in [4.69, 9.17) is 4.74 Å². The van der Waals surface area contributed by atoms with Crippen molar-refractivity contribution >= 4 is 11.9 Å². The molecule has 0 spiro atoms. The molecule has 9 heteroatoms. The number of carbonyl (C=O) groups excluding carboxylic acids is 2. The smallest absolute Gasteiger partial charge is 0.318 e. The Kier molecular flexibility index (Phi) is 5.58. The Balaban J connectivity index is 1.52. The van der Waals surface area contributed by atoms with Crippen LogP contribution in [0.2, 0.25) is 0 Å². The first kappa shape index (κ1) is 18.7. The van der Waals surface area contributed by atoms with Crippen LogP contribution in [0.15, 0.2) is 30.6 Å². The van der Waals surface area contributed by atoms with Gasteiger partial charge in [-0.1, -0.05) is 0 Å². The van der Waals surface area contributed by atoms with Crippen molar-refractivity contribution in [2.24, 2.45) is 7.05 Å². The van der Waals surface area contributed by atoms with Gasteiger partial charge in [0.2, 0.25) is 0 Å². The fourth-order valence-electron chi connectivity index (χ4n) is 3.07. The molecule has 1 aromatic heterocycles. The van der Waals surface area contributed by atoms with E-state index >= 15 is 0 Å². The SMILES string of the molecule is COc1ccc(C(=O)N2CCN(C(=O)N[C@@H](C)c3ncnn3C)CC2)cc1.